The highest BCUT2D eigenvalue weighted by Gasteiger charge is 2.32. The van der Waals surface area contributed by atoms with Crippen LogP contribution in [0, 0.1) is 5.41 Å². The van der Waals surface area contributed by atoms with Gasteiger partial charge in [0.15, 0.2) is 0 Å². The average molecular weight is 269 g/mol. The fraction of sp³-hybridized carbons (Fsp3) is 0.857. The zero-order chi connectivity index (χ0) is 14.1. The van der Waals surface area contributed by atoms with E-state index >= 15 is 0 Å². The van der Waals surface area contributed by atoms with Crippen molar-refractivity contribution in [1.29, 1.82) is 0 Å². The molecule has 0 radical (unpaired) electrons. The first-order valence-corrected chi connectivity index (χ1v) is 7.35. The summed E-state index contributed by atoms with van der Waals surface area (Å²) in [5, 5.41) is 5.43. The molecule has 1 fully saturated rings. The number of amides is 2. The van der Waals surface area contributed by atoms with Crippen molar-refractivity contribution in [2.24, 2.45) is 11.1 Å². The molecule has 4 N–H and O–H groups in total. The zero-order valence-electron chi connectivity index (χ0n) is 12.0. The number of carbonyl (C=O) groups excluding carboxylic acids is 2. The molecule has 19 heavy (non-hydrogen) atoms. The molecule has 0 aromatic heterocycles. The van der Waals surface area contributed by atoms with E-state index in [2.05, 4.69) is 10.6 Å². The van der Waals surface area contributed by atoms with E-state index in [1.807, 2.05) is 6.92 Å². The Morgan fingerprint density at radius 2 is 1.79 bits per heavy atom. The molecule has 0 aliphatic heterocycles. The van der Waals surface area contributed by atoms with Crippen LogP contribution in [0.4, 0.5) is 0 Å². The molecular weight excluding hydrogens is 242 g/mol. The van der Waals surface area contributed by atoms with Crippen LogP contribution in [-0.2, 0) is 9.59 Å². The van der Waals surface area contributed by atoms with Gasteiger partial charge in [-0.25, -0.2) is 0 Å². The molecule has 110 valence electrons. The molecule has 0 aromatic rings. The number of nitrogens with one attached hydrogen (secondary N) is 2. The Hall–Kier alpha value is -1.10. The van der Waals surface area contributed by atoms with Crippen molar-refractivity contribution in [3.8, 4) is 0 Å². The van der Waals surface area contributed by atoms with Gasteiger partial charge in [-0.05, 0) is 31.2 Å². The van der Waals surface area contributed by atoms with E-state index in [0.29, 0.717) is 19.5 Å². The SMILES string of the molecule is CCCNC(=O)CNC(=O)CC1(CN)CCCCC1. The number of hydrogen-bond donors (Lipinski definition) is 3. The quantitative estimate of drug-likeness (QED) is 0.643. The maximum absolute atomic E-state index is 11.9. The van der Waals surface area contributed by atoms with Crippen LogP contribution in [-0.4, -0.2) is 31.4 Å². The van der Waals surface area contributed by atoms with Crippen LogP contribution in [0.3, 0.4) is 0 Å². The molecule has 2 amide bonds. The van der Waals surface area contributed by atoms with Crippen molar-refractivity contribution in [3.63, 3.8) is 0 Å². The third-order valence-corrected chi connectivity index (χ3v) is 3.90. The Morgan fingerprint density at radius 1 is 1.11 bits per heavy atom. The van der Waals surface area contributed by atoms with Gasteiger partial charge in [-0.2, -0.15) is 0 Å². The smallest absolute Gasteiger partial charge is 0.239 e. The third-order valence-electron chi connectivity index (χ3n) is 3.90. The van der Waals surface area contributed by atoms with Crippen molar-refractivity contribution >= 4 is 11.8 Å². The first kappa shape index (κ1) is 16.0. The van der Waals surface area contributed by atoms with Crippen LogP contribution in [0.2, 0.25) is 0 Å². The van der Waals surface area contributed by atoms with Gasteiger partial charge in [0.1, 0.15) is 0 Å². The van der Waals surface area contributed by atoms with E-state index in [4.69, 9.17) is 5.73 Å². The topological polar surface area (TPSA) is 84.2 Å². The Balaban J connectivity index is 2.31. The minimum atomic E-state index is -0.124. The van der Waals surface area contributed by atoms with Crippen molar-refractivity contribution in [2.75, 3.05) is 19.6 Å². The predicted octanol–water partition coefficient (Wildman–Crippen LogP) is 0.928. The van der Waals surface area contributed by atoms with Gasteiger partial charge < -0.3 is 16.4 Å². The second kappa shape index (κ2) is 8.15. The first-order chi connectivity index (χ1) is 9.12. The highest BCUT2D eigenvalue weighted by Crippen LogP contribution is 2.38. The van der Waals surface area contributed by atoms with Crippen molar-refractivity contribution in [2.45, 2.75) is 51.9 Å². The lowest BCUT2D eigenvalue weighted by Gasteiger charge is -2.35. The van der Waals surface area contributed by atoms with Gasteiger partial charge in [-0.15, -0.1) is 0 Å². The Kier molecular flexibility index (Phi) is 6.84. The zero-order valence-corrected chi connectivity index (χ0v) is 12.0. The average Bonchev–Trinajstić information content (AvgIpc) is 2.44. The van der Waals surface area contributed by atoms with E-state index in [1.165, 1.54) is 6.42 Å². The van der Waals surface area contributed by atoms with E-state index < -0.39 is 0 Å². The fourth-order valence-electron chi connectivity index (χ4n) is 2.66. The molecule has 0 aromatic carbocycles. The molecule has 5 heteroatoms. The summed E-state index contributed by atoms with van der Waals surface area (Å²) in [6.45, 7) is 3.27. The first-order valence-electron chi connectivity index (χ1n) is 7.35. The van der Waals surface area contributed by atoms with Gasteiger partial charge in [-0.3, -0.25) is 9.59 Å². The summed E-state index contributed by atoms with van der Waals surface area (Å²) >= 11 is 0. The van der Waals surface area contributed by atoms with Crippen LogP contribution in [0.5, 0.6) is 0 Å². The number of nitrogens with two attached hydrogens (primary N) is 1. The minimum Gasteiger partial charge on any atom is -0.355 e. The van der Waals surface area contributed by atoms with Gasteiger partial charge >= 0.3 is 0 Å². The molecule has 5 nitrogen and oxygen atoms in total. The lowest BCUT2D eigenvalue weighted by Crippen LogP contribution is -2.42. The standard InChI is InChI=1S/C14H27N3O2/c1-2-8-16-13(19)10-17-12(18)9-14(11-15)6-4-3-5-7-14/h2-11,15H2,1H3,(H,16,19)(H,17,18). The van der Waals surface area contributed by atoms with Crippen LogP contribution in [0.25, 0.3) is 0 Å². The van der Waals surface area contributed by atoms with Crippen LogP contribution >= 0.6 is 0 Å². The summed E-state index contributed by atoms with van der Waals surface area (Å²) in [6, 6.07) is 0. The molecule has 1 rings (SSSR count). The lowest BCUT2D eigenvalue weighted by molar-refractivity contribution is -0.127. The monoisotopic (exact) mass is 269 g/mol. The highest BCUT2D eigenvalue weighted by atomic mass is 16.2. The lowest BCUT2D eigenvalue weighted by atomic mass is 9.71. The summed E-state index contributed by atoms with van der Waals surface area (Å²) in [4.78, 5) is 23.3. The van der Waals surface area contributed by atoms with E-state index in [1.54, 1.807) is 0 Å². The Morgan fingerprint density at radius 3 is 2.37 bits per heavy atom. The summed E-state index contributed by atoms with van der Waals surface area (Å²) < 4.78 is 0. The second-order valence-electron chi connectivity index (χ2n) is 5.57. The minimum absolute atomic E-state index is 0.0395. The maximum atomic E-state index is 11.9. The summed E-state index contributed by atoms with van der Waals surface area (Å²) in [7, 11) is 0. The summed E-state index contributed by atoms with van der Waals surface area (Å²) in [6.07, 6.45) is 6.95. The second-order valence-corrected chi connectivity index (χ2v) is 5.57. The molecule has 1 aliphatic carbocycles. The van der Waals surface area contributed by atoms with Crippen LogP contribution in [0.1, 0.15) is 51.9 Å². The number of rotatable bonds is 7. The molecule has 0 unspecified atom stereocenters. The summed E-state index contributed by atoms with van der Waals surface area (Å²) in [5.74, 6) is -0.181. The normalized spacial score (nSPS) is 17.8. The van der Waals surface area contributed by atoms with Gasteiger partial charge in [0, 0.05) is 13.0 Å². The van der Waals surface area contributed by atoms with Gasteiger partial charge in [-0.1, -0.05) is 26.2 Å². The van der Waals surface area contributed by atoms with Gasteiger partial charge in [0.2, 0.25) is 11.8 Å². The van der Waals surface area contributed by atoms with Crippen LogP contribution < -0.4 is 16.4 Å². The Bertz CT molecular complexity index is 299. The predicted molar refractivity (Wildman–Crippen MR) is 75.5 cm³/mol. The highest BCUT2D eigenvalue weighted by molar-refractivity contribution is 5.84. The molecule has 1 saturated carbocycles. The van der Waals surface area contributed by atoms with Gasteiger partial charge in [0.25, 0.3) is 0 Å². The molecule has 0 atom stereocenters. The molecule has 0 saturated heterocycles. The molecular formula is C14H27N3O2. The molecule has 0 heterocycles. The van der Waals surface area contributed by atoms with Crippen LogP contribution in [0.15, 0.2) is 0 Å². The molecule has 0 spiro atoms. The van der Waals surface area contributed by atoms with E-state index in [-0.39, 0.29) is 23.8 Å². The fourth-order valence-corrected chi connectivity index (χ4v) is 2.66. The largest absolute Gasteiger partial charge is 0.355 e. The number of carbonyl (C=O) groups is 2. The van der Waals surface area contributed by atoms with Gasteiger partial charge in [0.05, 0.1) is 6.54 Å². The van der Waals surface area contributed by atoms with E-state index in [0.717, 1.165) is 32.1 Å². The molecule has 1 aliphatic rings. The summed E-state index contributed by atoms with van der Waals surface area (Å²) in [5.41, 5.74) is 5.81. The van der Waals surface area contributed by atoms with E-state index in [9.17, 15) is 9.59 Å². The molecule has 0 bridgehead atoms. The Labute approximate surface area is 115 Å². The van der Waals surface area contributed by atoms with Crippen molar-refractivity contribution in [1.82, 2.24) is 10.6 Å². The van der Waals surface area contributed by atoms with Crippen molar-refractivity contribution in [3.05, 3.63) is 0 Å². The third kappa shape index (κ3) is 5.59. The maximum Gasteiger partial charge on any atom is 0.239 e. The number of hydrogen-bond acceptors (Lipinski definition) is 3. The van der Waals surface area contributed by atoms with Crippen molar-refractivity contribution < 1.29 is 9.59 Å².